The fourth-order valence-corrected chi connectivity index (χ4v) is 3.57. The number of hydrogen-bond donors (Lipinski definition) is 2. The molecule has 5 nitrogen and oxygen atoms in total. The van der Waals surface area contributed by atoms with Crippen LogP contribution in [-0.4, -0.2) is 38.3 Å². The molecule has 1 aromatic carbocycles. The van der Waals surface area contributed by atoms with Gasteiger partial charge in [-0.2, -0.15) is 0 Å². The van der Waals surface area contributed by atoms with Gasteiger partial charge in [-0.25, -0.2) is 0 Å². The maximum atomic E-state index is 12.5. The highest BCUT2D eigenvalue weighted by molar-refractivity contribution is 5.92. The SMILES string of the molecule is Cc1ccc(NC(=O)[C@H]2CCN[C@@H](C)C2)cc1OCC1CCOCC1.Cl. The van der Waals surface area contributed by atoms with Crippen molar-refractivity contribution in [3.63, 3.8) is 0 Å². The molecule has 2 aliphatic rings. The molecule has 2 atom stereocenters. The third-order valence-electron chi connectivity index (χ3n) is 5.27. The Morgan fingerprint density at radius 1 is 1.31 bits per heavy atom. The summed E-state index contributed by atoms with van der Waals surface area (Å²) in [5.41, 5.74) is 1.92. The summed E-state index contributed by atoms with van der Waals surface area (Å²) in [5, 5.41) is 6.46. The van der Waals surface area contributed by atoms with E-state index in [1.165, 1.54) is 0 Å². The number of hydrogen-bond acceptors (Lipinski definition) is 4. The van der Waals surface area contributed by atoms with Gasteiger partial charge >= 0.3 is 0 Å². The van der Waals surface area contributed by atoms with E-state index in [4.69, 9.17) is 9.47 Å². The topological polar surface area (TPSA) is 59.6 Å². The maximum absolute atomic E-state index is 12.5. The molecular formula is C20H31ClN2O3. The molecule has 2 saturated heterocycles. The predicted octanol–water partition coefficient (Wildman–Crippen LogP) is 3.55. The number of carbonyl (C=O) groups is 1. The predicted molar refractivity (Wildman–Crippen MR) is 106 cm³/mol. The minimum absolute atomic E-state index is 0. The largest absolute Gasteiger partial charge is 0.493 e. The second-order valence-electron chi connectivity index (χ2n) is 7.41. The molecule has 26 heavy (non-hydrogen) atoms. The molecule has 0 radical (unpaired) electrons. The number of piperidine rings is 1. The number of carbonyl (C=O) groups excluding carboxylic acids is 1. The van der Waals surface area contributed by atoms with Gasteiger partial charge in [-0.1, -0.05) is 6.07 Å². The third kappa shape index (κ3) is 5.86. The van der Waals surface area contributed by atoms with Gasteiger partial charge in [0.1, 0.15) is 5.75 Å². The van der Waals surface area contributed by atoms with Crippen molar-refractivity contribution < 1.29 is 14.3 Å². The van der Waals surface area contributed by atoms with Crippen molar-refractivity contribution in [1.82, 2.24) is 5.32 Å². The number of halogens is 1. The first kappa shape index (κ1) is 21.0. The van der Waals surface area contributed by atoms with E-state index < -0.39 is 0 Å². The van der Waals surface area contributed by atoms with Crippen LogP contribution in [0.1, 0.15) is 38.2 Å². The van der Waals surface area contributed by atoms with Crippen molar-refractivity contribution in [2.75, 3.05) is 31.7 Å². The molecule has 0 saturated carbocycles. The summed E-state index contributed by atoms with van der Waals surface area (Å²) in [6.07, 6.45) is 3.91. The van der Waals surface area contributed by atoms with Crippen molar-refractivity contribution in [3.05, 3.63) is 23.8 Å². The Morgan fingerprint density at radius 2 is 2.08 bits per heavy atom. The molecule has 2 N–H and O–H groups in total. The third-order valence-corrected chi connectivity index (χ3v) is 5.27. The van der Waals surface area contributed by atoms with Gasteiger partial charge in [0, 0.05) is 36.9 Å². The molecule has 0 aromatic heterocycles. The minimum Gasteiger partial charge on any atom is -0.493 e. The molecule has 0 bridgehead atoms. The molecule has 2 heterocycles. The van der Waals surface area contributed by atoms with Gasteiger partial charge in [-0.05, 0) is 63.6 Å². The van der Waals surface area contributed by atoms with Crippen LogP contribution < -0.4 is 15.4 Å². The van der Waals surface area contributed by atoms with Crippen LogP contribution in [0.15, 0.2) is 18.2 Å². The summed E-state index contributed by atoms with van der Waals surface area (Å²) in [5.74, 6) is 1.63. The molecule has 6 heteroatoms. The van der Waals surface area contributed by atoms with Gasteiger partial charge in [0.15, 0.2) is 0 Å². The van der Waals surface area contributed by atoms with Crippen LogP contribution in [0.3, 0.4) is 0 Å². The molecule has 146 valence electrons. The zero-order valence-corrected chi connectivity index (χ0v) is 16.6. The van der Waals surface area contributed by atoms with Gasteiger partial charge in [0.25, 0.3) is 0 Å². The molecular weight excluding hydrogens is 352 g/mol. The Hall–Kier alpha value is -1.30. The maximum Gasteiger partial charge on any atom is 0.227 e. The smallest absolute Gasteiger partial charge is 0.227 e. The second kappa shape index (κ2) is 10.1. The molecule has 0 aliphatic carbocycles. The van der Waals surface area contributed by atoms with Crippen LogP contribution in [0.2, 0.25) is 0 Å². The van der Waals surface area contributed by atoms with E-state index in [1.54, 1.807) is 0 Å². The zero-order chi connectivity index (χ0) is 17.6. The van der Waals surface area contributed by atoms with Crippen LogP contribution in [0.4, 0.5) is 5.69 Å². The van der Waals surface area contributed by atoms with Crippen LogP contribution in [0.5, 0.6) is 5.75 Å². The summed E-state index contributed by atoms with van der Waals surface area (Å²) < 4.78 is 11.4. The van der Waals surface area contributed by atoms with Gasteiger partial charge in [-0.15, -0.1) is 12.4 Å². The Labute approximate surface area is 162 Å². The lowest BCUT2D eigenvalue weighted by Crippen LogP contribution is -2.40. The van der Waals surface area contributed by atoms with Crippen LogP contribution in [-0.2, 0) is 9.53 Å². The molecule has 3 rings (SSSR count). The molecule has 1 aromatic rings. The number of amides is 1. The number of aryl methyl sites for hydroxylation is 1. The number of rotatable bonds is 5. The number of nitrogens with one attached hydrogen (secondary N) is 2. The fourth-order valence-electron chi connectivity index (χ4n) is 3.57. The summed E-state index contributed by atoms with van der Waals surface area (Å²) in [4.78, 5) is 12.5. The molecule has 2 fully saturated rings. The van der Waals surface area contributed by atoms with Gasteiger partial charge < -0.3 is 20.1 Å². The van der Waals surface area contributed by atoms with Gasteiger partial charge in [-0.3, -0.25) is 4.79 Å². The van der Waals surface area contributed by atoms with E-state index in [-0.39, 0.29) is 24.2 Å². The summed E-state index contributed by atoms with van der Waals surface area (Å²) >= 11 is 0. The number of anilines is 1. The van der Waals surface area contributed by atoms with Crippen LogP contribution >= 0.6 is 12.4 Å². The van der Waals surface area contributed by atoms with E-state index in [9.17, 15) is 4.79 Å². The first-order chi connectivity index (χ1) is 12.1. The molecule has 2 aliphatic heterocycles. The Balaban J connectivity index is 0.00000243. The summed E-state index contributed by atoms with van der Waals surface area (Å²) in [6.45, 7) is 7.46. The fraction of sp³-hybridized carbons (Fsp3) is 0.650. The van der Waals surface area contributed by atoms with E-state index in [1.807, 2.05) is 25.1 Å². The summed E-state index contributed by atoms with van der Waals surface area (Å²) in [7, 11) is 0. The molecule has 0 spiro atoms. The Morgan fingerprint density at radius 3 is 2.81 bits per heavy atom. The lowest BCUT2D eigenvalue weighted by Gasteiger charge is -2.27. The minimum atomic E-state index is 0. The highest BCUT2D eigenvalue weighted by Crippen LogP contribution is 2.26. The summed E-state index contributed by atoms with van der Waals surface area (Å²) in [6, 6.07) is 6.33. The quantitative estimate of drug-likeness (QED) is 0.817. The Bertz CT molecular complexity index is 590. The van der Waals surface area contributed by atoms with Crippen molar-refractivity contribution in [1.29, 1.82) is 0 Å². The van der Waals surface area contributed by atoms with E-state index in [0.29, 0.717) is 18.6 Å². The second-order valence-corrected chi connectivity index (χ2v) is 7.41. The first-order valence-corrected chi connectivity index (χ1v) is 9.47. The zero-order valence-electron chi connectivity index (χ0n) is 15.8. The molecule has 0 unspecified atom stereocenters. The highest BCUT2D eigenvalue weighted by Gasteiger charge is 2.24. The lowest BCUT2D eigenvalue weighted by atomic mass is 9.92. The van der Waals surface area contributed by atoms with Crippen molar-refractivity contribution >= 4 is 24.0 Å². The van der Waals surface area contributed by atoms with E-state index in [0.717, 1.165) is 62.4 Å². The van der Waals surface area contributed by atoms with Gasteiger partial charge in [0.2, 0.25) is 5.91 Å². The average Bonchev–Trinajstić information content (AvgIpc) is 2.63. The number of benzene rings is 1. The van der Waals surface area contributed by atoms with Crippen LogP contribution in [0.25, 0.3) is 0 Å². The van der Waals surface area contributed by atoms with Gasteiger partial charge in [0.05, 0.1) is 6.61 Å². The average molecular weight is 383 g/mol. The van der Waals surface area contributed by atoms with Crippen LogP contribution in [0, 0.1) is 18.8 Å². The van der Waals surface area contributed by atoms with E-state index in [2.05, 4.69) is 17.6 Å². The van der Waals surface area contributed by atoms with Crippen molar-refractivity contribution in [2.45, 2.75) is 45.6 Å². The van der Waals surface area contributed by atoms with Crippen molar-refractivity contribution in [3.8, 4) is 5.75 Å². The lowest BCUT2D eigenvalue weighted by molar-refractivity contribution is -0.120. The normalized spacial score (nSPS) is 23.8. The van der Waals surface area contributed by atoms with E-state index >= 15 is 0 Å². The monoisotopic (exact) mass is 382 g/mol. The first-order valence-electron chi connectivity index (χ1n) is 9.47. The Kier molecular flexibility index (Phi) is 8.19. The van der Waals surface area contributed by atoms with Crippen molar-refractivity contribution in [2.24, 2.45) is 11.8 Å². The number of ether oxygens (including phenoxy) is 2. The highest BCUT2D eigenvalue weighted by atomic mass is 35.5. The standard InChI is InChI=1S/C20H30N2O3.ClH/c1-14-3-4-18(22-20(23)17-5-8-21-15(2)11-17)12-19(14)25-13-16-6-9-24-10-7-16;/h3-4,12,15-17,21H,5-11,13H2,1-2H3,(H,22,23);1H/t15-,17-;/m0./s1. The molecule has 1 amide bonds.